The quantitative estimate of drug-likeness (QED) is 0.738. The number of nitrogens with zero attached hydrogens (tertiary/aromatic N) is 3. The first-order valence-electron chi connectivity index (χ1n) is 4.72. The molecule has 0 aliphatic rings. The summed E-state index contributed by atoms with van der Waals surface area (Å²) >= 11 is 0. The van der Waals surface area contributed by atoms with E-state index in [1.807, 2.05) is 18.7 Å². The number of hydrogen-bond acceptors (Lipinski definition) is 4. The van der Waals surface area contributed by atoms with Crippen molar-refractivity contribution in [3.8, 4) is 0 Å². The molecule has 0 fully saturated rings. The van der Waals surface area contributed by atoms with Crippen LogP contribution in [0.5, 0.6) is 0 Å². The van der Waals surface area contributed by atoms with Crippen LogP contribution in [0.25, 0.3) is 0 Å². The van der Waals surface area contributed by atoms with E-state index in [-0.39, 0.29) is 0 Å². The van der Waals surface area contributed by atoms with E-state index in [4.69, 9.17) is 10.6 Å². The van der Waals surface area contributed by atoms with Crippen molar-refractivity contribution in [3.05, 3.63) is 5.69 Å². The first kappa shape index (κ1) is 10.8. The molecule has 14 heavy (non-hydrogen) atoms. The zero-order valence-electron chi connectivity index (χ0n) is 9.24. The highest BCUT2D eigenvalue weighted by atomic mass is 16.7. The molecule has 1 rings (SSSR count). The Balaban J connectivity index is 3.09. The molecule has 2 N–H and O–H groups in total. The zero-order chi connectivity index (χ0) is 10.7. The topological polar surface area (TPSA) is 56.3 Å². The second-order valence-corrected chi connectivity index (χ2v) is 3.23. The maximum Gasteiger partial charge on any atom is 0.174 e. The number of rotatable bonds is 4. The normalized spacial score (nSPS) is 10.6. The van der Waals surface area contributed by atoms with Crippen LogP contribution in [0.1, 0.15) is 19.0 Å². The van der Waals surface area contributed by atoms with Crippen molar-refractivity contribution in [1.29, 1.82) is 0 Å². The Kier molecular flexibility index (Phi) is 3.35. The fourth-order valence-electron chi connectivity index (χ4n) is 1.37. The number of nitrogen functional groups attached to an aromatic ring is 1. The lowest BCUT2D eigenvalue weighted by Gasteiger charge is -2.17. The summed E-state index contributed by atoms with van der Waals surface area (Å²) in [5.74, 6) is 0.826. The van der Waals surface area contributed by atoms with Gasteiger partial charge in [-0.05, 0) is 13.3 Å². The number of nitrogens with two attached hydrogens (primary N) is 1. The van der Waals surface area contributed by atoms with Crippen molar-refractivity contribution in [3.63, 3.8) is 0 Å². The van der Waals surface area contributed by atoms with Crippen molar-refractivity contribution in [2.75, 3.05) is 25.0 Å². The molecule has 0 aromatic carbocycles. The van der Waals surface area contributed by atoms with Gasteiger partial charge in [0.2, 0.25) is 0 Å². The van der Waals surface area contributed by atoms with Crippen LogP contribution >= 0.6 is 0 Å². The summed E-state index contributed by atoms with van der Waals surface area (Å²) in [7, 11) is 3.43. The second kappa shape index (κ2) is 4.32. The Morgan fingerprint density at radius 1 is 1.57 bits per heavy atom. The van der Waals surface area contributed by atoms with Gasteiger partial charge in [-0.25, -0.2) is 9.75 Å². The van der Waals surface area contributed by atoms with Gasteiger partial charge in [-0.15, -0.1) is 0 Å². The van der Waals surface area contributed by atoms with Crippen LogP contribution in [0.15, 0.2) is 0 Å². The van der Waals surface area contributed by atoms with Gasteiger partial charge in [-0.1, -0.05) is 6.92 Å². The first-order valence-corrected chi connectivity index (χ1v) is 4.72. The lowest BCUT2D eigenvalue weighted by atomic mass is 10.4. The highest BCUT2D eigenvalue weighted by Crippen LogP contribution is 2.25. The number of aromatic nitrogens is 2. The smallest absolute Gasteiger partial charge is 0.174 e. The number of hydroxylamine groups is 1. The SMILES string of the molecule is CCCn1nc(C)c(N)c1N(C)OC. The third kappa shape index (κ3) is 1.82. The van der Waals surface area contributed by atoms with Gasteiger partial charge in [0, 0.05) is 13.6 Å². The molecule has 1 heterocycles. The molecule has 0 aliphatic heterocycles. The molecule has 0 atom stereocenters. The number of hydrogen-bond donors (Lipinski definition) is 1. The van der Waals surface area contributed by atoms with Gasteiger partial charge >= 0.3 is 0 Å². The molecule has 0 amide bonds. The largest absolute Gasteiger partial charge is 0.394 e. The number of anilines is 2. The van der Waals surface area contributed by atoms with Crippen molar-refractivity contribution in [2.24, 2.45) is 0 Å². The van der Waals surface area contributed by atoms with Crippen LogP contribution in [0.4, 0.5) is 11.5 Å². The third-order valence-electron chi connectivity index (χ3n) is 2.15. The summed E-state index contributed by atoms with van der Waals surface area (Å²) < 4.78 is 1.87. The van der Waals surface area contributed by atoms with Crippen LogP contribution in [0.2, 0.25) is 0 Å². The highest BCUT2D eigenvalue weighted by molar-refractivity contribution is 5.64. The van der Waals surface area contributed by atoms with E-state index in [0.29, 0.717) is 5.69 Å². The molecule has 0 saturated heterocycles. The van der Waals surface area contributed by atoms with Crippen LogP contribution in [-0.2, 0) is 11.4 Å². The first-order chi connectivity index (χ1) is 6.61. The van der Waals surface area contributed by atoms with Gasteiger partial charge in [0.1, 0.15) is 0 Å². The summed E-state index contributed by atoms with van der Waals surface area (Å²) in [5.41, 5.74) is 7.43. The molecule has 80 valence electrons. The minimum atomic E-state index is 0.683. The molecular formula is C9H18N4O. The Bertz CT molecular complexity index is 308. The zero-order valence-corrected chi connectivity index (χ0v) is 9.24. The maximum absolute atomic E-state index is 5.91. The van der Waals surface area contributed by atoms with Crippen LogP contribution in [0, 0.1) is 6.92 Å². The Morgan fingerprint density at radius 2 is 2.21 bits per heavy atom. The van der Waals surface area contributed by atoms with Gasteiger partial charge in [-0.3, -0.25) is 4.84 Å². The molecule has 0 radical (unpaired) electrons. The molecule has 0 spiro atoms. The Hall–Kier alpha value is -1.23. The summed E-state index contributed by atoms with van der Waals surface area (Å²) in [5, 5.41) is 5.97. The molecule has 5 nitrogen and oxygen atoms in total. The van der Waals surface area contributed by atoms with Gasteiger partial charge in [0.05, 0.1) is 18.5 Å². The van der Waals surface area contributed by atoms with Crippen molar-refractivity contribution < 1.29 is 4.84 Å². The molecule has 1 aromatic rings. The number of aryl methyl sites for hydroxylation is 2. The van der Waals surface area contributed by atoms with Crippen LogP contribution in [0.3, 0.4) is 0 Å². The van der Waals surface area contributed by atoms with Crippen LogP contribution in [-0.4, -0.2) is 23.9 Å². The predicted molar refractivity (Wildman–Crippen MR) is 57.1 cm³/mol. The fraction of sp³-hybridized carbons (Fsp3) is 0.667. The lowest BCUT2D eigenvalue weighted by molar-refractivity contribution is 0.179. The molecule has 5 heteroatoms. The van der Waals surface area contributed by atoms with Crippen LogP contribution < -0.4 is 10.8 Å². The van der Waals surface area contributed by atoms with E-state index >= 15 is 0 Å². The molecular weight excluding hydrogens is 180 g/mol. The molecule has 0 aliphatic carbocycles. The van der Waals surface area contributed by atoms with Gasteiger partial charge in [0.25, 0.3) is 0 Å². The van der Waals surface area contributed by atoms with E-state index in [1.165, 1.54) is 0 Å². The average Bonchev–Trinajstić information content (AvgIpc) is 2.43. The summed E-state index contributed by atoms with van der Waals surface area (Å²) in [6.45, 7) is 4.85. The summed E-state index contributed by atoms with van der Waals surface area (Å²) in [6.07, 6.45) is 1.02. The van der Waals surface area contributed by atoms with Gasteiger partial charge in [0.15, 0.2) is 5.82 Å². The van der Waals surface area contributed by atoms with Crippen molar-refractivity contribution >= 4 is 11.5 Å². The lowest BCUT2D eigenvalue weighted by Crippen LogP contribution is -2.20. The minimum Gasteiger partial charge on any atom is -0.394 e. The second-order valence-electron chi connectivity index (χ2n) is 3.23. The fourth-order valence-corrected chi connectivity index (χ4v) is 1.37. The monoisotopic (exact) mass is 198 g/mol. The molecule has 0 saturated carbocycles. The molecule has 1 aromatic heterocycles. The van der Waals surface area contributed by atoms with Crippen molar-refractivity contribution in [1.82, 2.24) is 9.78 Å². The maximum atomic E-state index is 5.91. The minimum absolute atomic E-state index is 0.683. The standard InChI is InChI=1S/C9H18N4O/c1-5-6-13-9(12(3)14-4)8(10)7(2)11-13/h5-6,10H2,1-4H3. The van der Waals surface area contributed by atoms with E-state index in [1.54, 1.807) is 12.2 Å². The van der Waals surface area contributed by atoms with Crippen molar-refractivity contribution in [2.45, 2.75) is 26.8 Å². The van der Waals surface area contributed by atoms with Gasteiger partial charge in [-0.2, -0.15) is 5.10 Å². The predicted octanol–water partition coefficient (Wildman–Crippen LogP) is 1.18. The van der Waals surface area contributed by atoms with E-state index in [0.717, 1.165) is 24.5 Å². The average molecular weight is 198 g/mol. The third-order valence-corrected chi connectivity index (χ3v) is 2.15. The van der Waals surface area contributed by atoms with Gasteiger partial charge < -0.3 is 5.73 Å². The molecule has 0 bridgehead atoms. The Labute approximate surface area is 84.4 Å². The van der Waals surface area contributed by atoms with E-state index in [2.05, 4.69) is 12.0 Å². The Morgan fingerprint density at radius 3 is 2.71 bits per heavy atom. The summed E-state index contributed by atoms with van der Waals surface area (Å²) in [4.78, 5) is 5.11. The van der Waals surface area contributed by atoms with E-state index < -0.39 is 0 Å². The highest BCUT2D eigenvalue weighted by Gasteiger charge is 2.15. The van der Waals surface area contributed by atoms with E-state index in [9.17, 15) is 0 Å². The summed E-state index contributed by atoms with van der Waals surface area (Å²) in [6, 6.07) is 0. The molecule has 0 unspecified atom stereocenters.